The molecule has 208 valence electrons. The molecule has 3 heterocycles. The van der Waals surface area contributed by atoms with Gasteiger partial charge in [0.1, 0.15) is 18.5 Å². The standard InChI is InChI=1S/C28H29FN6O5/c1-19(36)30-16-23-17-35(28(38)40-23)22-7-8-24(25(29)13-22)21-14-31-26(32-15-21)33-9-11-34(12-10-33)27(37)39-18-20-5-3-2-4-6-20/h2-8,13-15,23H,9-12,16-18H2,1H3,(H,30,36)/t23-/m0/s1. The van der Waals surface area contributed by atoms with Gasteiger partial charge in [0.15, 0.2) is 0 Å². The Kier molecular flexibility index (Phi) is 8.04. The lowest BCUT2D eigenvalue weighted by atomic mass is 10.1. The SMILES string of the molecule is CC(=O)NC[C@H]1CN(c2ccc(-c3cnc(N4CCN(C(=O)OCc5ccccc5)CC4)nc3)c(F)c2)C(=O)O1. The first-order valence-electron chi connectivity index (χ1n) is 12.9. The Morgan fingerprint density at radius 3 is 2.48 bits per heavy atom. The number of nitrogens with one attached hydrogen (secondary N) is 1. The third kappa shape index (κ3) is 6.28. The van der Waals surface area contributed by atoms with E-state index in [9.17, 15) is 14.4 Å². The Balaban J connectivity index is 1.15. The van der Waals surface area contributed by atoms with Crippen molar-refractivity contribution in [1.29, 1.82) is 0 Å². The monoisotopic (exact) mass is 548 g/mol. The van der Waals surface area contributed by atoms with Gasteiger partial charge >= 0.3 is 12.2 Å². The summed E-state index contributed by atoms with van der Waals surface area (Å²) in [7, 11) is 0. The predicted molar refractivity (Wildman–Crippen MR) is 144 cm³/mol. The van der Waals surface area contributed by atoms with E-state index in [1.807, 2.05) is 35.2 Å². The van der Waals surface area contributed by atoms with Crippen molar-refractivity contribution < 1.29 is 28.2 Å². The zero-order valence-electron chi connectivity index (χ0n) is 22.0. The summed E-state index contributed by atoms with van der Waals surface area (Å²) in [5, 5.41) is 2.61. The first-order valence-corrected chi connectivity index (χ1v) is 12.9. The highest BCUT2D eigenvalue weighted by molar-refractivity contribution is 5.90. The Morgan fingerprint density at radius 2 is 1.80 bits per heavy atom. The van der Waals surface area contributed by atoms with Crippen molar-refractivity contribution >= 4 is 29.7 Å². The van der Waals surface area contributed by atoms with Gasteiger partial charge in [0.05, 0.1) is 18.8 Å². The van der Waals surface area contributed by atoms with Crippen LogP contribution in [-0.4, -0.2) is 78.3 Å². The molecule has 0 unspecified atom stereocenters. The van der Waals surface area contributed by atoms with Gasteiger partial charge in [-0.15, -0.1) is 0 Å². The van der Waals surface area contributed by atoms with Crippen molar-refractivity contribution in [3.05, 3.63) is 72.3 Å². The van der Waals surface area contributed by atoms with Crippen molar-refractivity contribution in [2.75, 3.05) is 49.1 Å². The van der Waals surface area contributed by atoms with Gasteiger partial charge in [-0.05, 0) is 23.8 Å². The summed E-state index contributed by atoms with van der Waals surface area (Å²) in [5.74, 6) is -0.266. The Labute approximate surface area is 230 Å². The molecule has 3 aromatic rings. The highest BCUT2D eigenvalue weighted by Gasteiger charge is 2.33. The van der Waals surface area contributed by atoms with Gasteiger partial charge in [-0.2, -0.15) is 0 Å². The van der Waals surface area contributed by atoms with Crippen LogP contribution in [0.1, 0.15) is 12.5 Å². The summed E-state index contributed by atoms with van der Waals surface area (Å²) in [4.78, 5) is 49.6. The van der Waals surface area contributed by atoms with E-state index in [1.54, 1.807) is 29.4 Å². The van der Waals surface area contributed by atoms with Gasteiger partial charge < -0.3 is 24.6 Å². The molecule has 2 aromatic carbocycles. The van der Waals surface area contributed by atoms with E-state index in [2.05, 4.69) is 15.3 Å². The average Bonchev–Trinajstić information content (AvgIpc) is 3.36. The highest BCUT2D eigenvalue weighted by Crippen LogP contribution is 2.29. The van der Waals surface area contributed by atoms with Crippen molar-refractivity contribution in [3.8, 4) is 11.1 Å². The number of hydrogen-bond donors (Lipinski definition) is 1. The van der Waals surface area contributed by atoms with E-state index in [-0.39, 0.29) is 31.7 Å². The van der Waals surface area contributed by atoms with Gasteiger partial charge in [-0.25, -0.2) is 23.9 Å². The van der Waals surface area contributed by atoms with Crippen LogP contribution in [0.25, 0.3) is 11.1 Å². The molecule has 0 radical (unpaired) electrons. The minimum absolute atomic E-state index is 0.190. The van der Waals surface area contributed by atoms with E-state index in [0.717, 1.165) is 5.56 Å². The third-order valence-corrected chi connectivity index (χ3v) is 6.69. The van der Waals surface area contributed by atoms with Crippen LogP contribution >= 0.6 is 0 Å². The quantitative estimate of drug-likeness (QED) is 0.479. The molecule has 1 aromatic heterocycles. The number of amides is 3. The fraction of sp³-hybridized carbons (Fsp3) is 0.321. The van der Waals surface area contributed by atoms with E-state index >= 15 is 4.39 Å². The largest absolute Gasteiger partial charge is 0.445 e. The average molecular weight is 549 g/mol. The molecule has 3 amide bonds. The van der Waals surface area contributed by atoms with E-state index < -0.39 is 18.0 Å². The molecule has 2 aliphatic heterocycles. The van der Waals surface area contributed by atoms with Crippen LogP contribution in [-0.2, 0) is 20.9 Å². The van der Waals surface area contributed by atoms with Crippen LogP contribution in [0, 0.1) is 5.82 Å². The summed E-state index contributed by atoms with van der Waals surface area (Å²) >= 11 is 0. The van der Waals surface area contributed by atoms with Crippen LogP contribution in [0.2, 0.25) is 0 Å². The highest BCUT2D eigenvalue weighted by atomic mass is 19.1. The molecule has 0 saturated carbocycles. The number of aromatic nitrogens is 2. The maximum Gasteiger partial charge on any atom is 0.414 e. The number of carbonyl (C=O) groups is 3. The van der Waals surface area contributed by atoms with E-state index in [1.165, 1.54) is 17.9 Å². The Morgan fingerprint density at radius 1 is 1.07 bits per heavy atom. The van der Waals surface area contributed by atoms with Crippen LogP contribution in [0.15, 0.2) is 60.9 Å². The zero-order valence-corrected chi connectivity index (χ0v) is 22.0. The number of cyclic esters (lactones) is 1. The number of piperazine rings is 1. The van der Waals surface area contributed by atoms with Crippen LogP contribution in [0.4, 0.5) is 25.6 Å². The summed E-state index contributed by atoms with van der Waals surface area (Å²) < 4.78 is 25.7. The number of nitrogens with zero attached hydrogens (tertiary/aromatic N) is 5. The fourth-order valence-electron chi connectivity index (χ4n) is 4.53. The summed E-state index contributed by atoms with van der Waals surface area (Å²) in [6.07, 6.45) is 1.63. The van der Waals surface area contributed by atoms with Crippen molar-refractivity contribution in [1.82, 2.24) is 20.2 Å². The van der Waals surface area contributed by atoms with Crippen molar-refractivity contribution in [3.63, 3.8) is 0 Å². The van der Waals surface area contributed by atoms with E-state index in [4.69, 9.17) is 9.47 Å². The lowest BCUT2D eigenvalue weighted by Crippen LogP contribution is -2.49. The van der Waals surface area contributed by atoms with Gasteiger partial charge in [0.25, 0.3) is 0 Å². The fourth-order valence-corrected chi connectivity index (χ4v) is 4.53. The predicted octanol–water partition coefficient (Wildman–Crippen LogP) is 3.20. The van der Waals surface area contributed by atoms with Crippen LogP contribution in [0.3, 0.4) is 0 Å². The first-order chi connectivity index (χ1) is 19.4. The maximum atomic E-state index is 15.1. The third-order valence-electron chi connectivity index (χ3n) is 6.69. The topological polar surface area (TPSA) is 117 Å². The second-order valence-corrected chi connectivity index (χ2v) is 9.50. The van der Waals surface area contributed by atoms with Crippen molar-refractivity contribution in [2.24, 2.45) is 0 Å². The molecule has 2 saturated heterocycles. The second kappa shape index (κ2) is 12.0. The smallest absolute Gasteiger partial charge is 0.414 e. The molecular weight excluding hydrogens is 519 g/mol. The molecule has 40 heavy (non-hydrogen) atoms. The van der Waals surface area contributed by atoms with Crippen LogP contribution in [0.5, 0.6) is 0 Å². The molecule has 0 aliphatic carbocycles. The molecule has 0 spiro atoms. The molecule has 5 rings (SSSR count). The molecule has 12 heteroatoms. The first kappa shape index (κ1) is 26.9. The molecular formula is C28H29FN6O5. The minimum Gasteiger partial charge on any atom is -0.445 e. The lowest BCUT2D eigenvalue weighted by molar-refractivity contribution is -0.119. The molecule has 1 N–H and O–H groups in total. The summed E-state index contributed by atoms with van der Waals surface area (Å²) in [5.41, 5.74) is 2.07. The molecule has 1 atom stereocenters. The maximum absolute atomic E-state index is 15.1. The number of carbonyl (C=O) groups excluding carboxylic acids is 3. The van der Waals surface area contributed by atoms with Gasteiger partial charge in [0.2, 0.25) is 11.9 Å². The number of ether oxygens (including phenoxy) is 2. The summed E-state index contributed by atoms with van der Waals surface area (Å²) in [6, 6.07) is 14.0. The van der Waals surface area contributed by atoms with Gasteiger partial charge in [0, 0.05) is 56.6 Å². The normalized spacial score (nSPS) is 17.0. The molecule has 2 aliphatic rings. The van der Waals surface area contributed by atoms with Crippen molar-refractivity contribution in [2.45, 2.75) is 19.6 Å². The number of hydrogen-bond acceptors (Lipinski definition) is 8. The number of rotatable bonds is 7. The lowest BCUT2D eigenvalue weighted by Gasteiger charge is -2.34. The molecule has 2 fully saturated rings. The number of halogens is 1. The second-order valence-electron chi connectivity index (χ2n) is 9.50. The number of anilines is 2. The Bertz CT molecular complexity index is 1370. The Hall–Kier alpha value is -4.74. The van der Waals surface area contributed by atoms with Crippen LogP contribution < -0.4 is 15.1 Å². The molecule has 11 nitrogen and oxygen atoms in total. The zero-order chi connectivity index (χ0) is 28.1. The number of benzene rings is 2. The molecule has 0 bridgehead atoms. The van der Waals surface area contributed by atoms with E-state index in [0.29, 0.717) is 48.9 Å². The van der Waals surface area contributed by atoms with Gasteiger partial charge in [-0.3, -0.25) is 9.69 Å². The summed E-state index contributed by atoms with van der Waals surface area (Å²) in [6.45, 7) is 4.02. The van der Waals surface area contributed by atoms with Gasteiger partial charge in [-0.1, -0.05) is 30.3 Å². The minimum atomic E-state index is -0.597.